The van der Waals surface area contributed by atoms with Crippen molar-refractivity contribution in [3.8, 4) is 0 Å². The van der Waals surface area contributed by atoms with E-state index in [9.17, 15) is 22.8 Å². The summed E-state index contributed by atoms with van der Waals surface area (Å²) in [5, 5.41) is 2.83. The smallest absolute Gasteiger partial charge is 0.376 e. The fraction of sp³-hybridized carbons (Fsp3) is 0.176. The fourth-order valence-corrected chi connectivity index (χ4v) is 2.02. The summed E-state index contributed by atoms with van der Waals surface area (Å²) in [5.41, 5.74) is 4.18. The zero-order valence-electron chi connectivity index (χ0n) is 13.3. The SMILES string of the molecule is Cc1ccc(NCC(=O)NNC(=O)c2ccccc2C(F)(F)F)cc1. The molecule has 0 radical (unpaired) electrons. The summed E-state index contributed by atoms with van der Waals surface area (Å²) in [5.74, 6) is -1.64. The van der Waals surface area contributed by atoms with Crippen molar-refractivity contribution in [3.63, 3.8) is 0 Å². The average molecular weight is 351 g/mol. The van der Waals surface area contributed by atoms with Crippen LogP contribution in [0.15, 0.2) is 48.5 Å². The predicted molar refractivity (Wildman–Crippen MR) is 86.7 cm³/mol. The van der Waals surface area contributed by atoms with Crippen molar-refractivity contribution in [1.82, 2.24) is 10.9 Å². The average Bonchev–Trinajstić information content (AvgIpc) is 2.58. The minimum absolute atomic E-state index is 0.149. The number of rotatable bonds is 4. The summed E-state index contributed by atoms with van der Waals surface area (Å²) in [6.07, 6.45) is -4.66. The normalized spacial score (nSPS) is 10.9. The van der Waals surface area contributed by atoms with E-state index >= 15 is 0 Å². The van der Waals surface area contributed by atoms with Crippen molar-refractivity contribution in [2.45, 2.75) is 13.1 Å². The molecule has 0 aromatic heterocycles. The molecule has 2 rings (SSSR count). The highest BCUT2D eigenvalue weighted by molar-refractivity contribution is 5.97. The number of carbonyl (C=O) groups excluding carboxylic acids is 2. The number of nitrogens with one attached hydrogen (secondary N) is 3. The monoisotopic (exact) mass is 351 g/mol. The van der Waals surface area contributed by atoms with Gasteiger partial charge in [-0.1, -0.05) is 29.8 Å². The molecule has 25 heavy (non-hydrogen) atoms. The van der Waals surface area contributed by atoms with Crippen LogP contribution in [-0.4, -0.2) is 18.4 Å². The van der Waals surface area contributed by atoms with Gasteiger partial charge in [-0.3, -0.25) is 20.4 Å². The van der Waals surface area contributed by atoms with Gasteiger partial charge in [-0.05, 0) is 31.2 Å². The van der Waals surface area contributed by atoms with Crippen molar-refractivity contribution in [3.05, 3.63) is 65.2 Å². The van der Waals surface area contributed by atoms with Crippen LogP contribution in [0.1, 0.15) is 21.5 Å². The van der Waals surface area contributed by atoms with E-state index in [0.29, 0.717) is 5.69 Å². The molecule has 0 aliphatic heterocycles. The van der Waals surface area contributed by atoms with Gasteiger partial charge in [-0.2, -0.15) is 13.2 Å². The quantitative estimate of drug-likeness (QED) is 0.742. The lowest BCUT2D eigenvalue weighted by molar-refractivity contribution is -0.137. The van der Waals surface area contributed by atoms with Crippen molar-refractivity contribution in [2.75, 3.05) is 11.9 Å². The third kappa shape index (κ3) is 5.23. The lowest BCUT2D eigenvalue weighted by Gasteiger charge is -2.13. The molecule has 3 N–H and O–H groups in total. The van der Waals surface area contributed by atoms with E-state index in [2.05, 4.69) is 10.7 Å². The third-order valence-corrected chi connectivity index (χ3v) is 3.30. The number of anilines is 1. The van der Waals surface area contributed by atoms with Crippen LogP contribution in [0.4, 0.5) is 18.9 Å². The molecule has 0 saturated heterocycles. The van der Waals surface area contributed by atoms with Crippen molar-refractivity contribution >= 4 is 17.5 Å². The zero-order chi connectivity index (χ0) is 18.4. The van der Waals surface area contributed by atoms with Gasteiger partial charge >= 0.3 is 6.18 Å². The number of alkyl halides is 3. The Kier molecular flexibility index (Phi) is 5.63. The molecular formula is C17H16F3N3O2. The third-order valence-electron chi connectivity index (χ3n) is 3.30. The summed E-state index contributed by atoms with van der Waals surface area (Å²) in [4.78, 5) is 23.6. The molecule has 0 fully saturated rings. The number of hydrazine groups is 1. The van der Waals surface area contributed by atoms with Crippen molar-refractivity contribution in [2.24, 2.45) is 0 Å². The Hall–Kier alpha value is -3.03. The first-order valence-electron chi connectivity index (χ1n) is 7.33. The topological polar surface area (TPSA) is 70.2 Å². The summed E-state index contributed by atoms with van der Waals surface area (Å²) >= 11 is 0. The van der Waals surface area contributed by atoms with E-state index in [1.54, 1.807) is 12.1 Å². The number of benzene rings is 2. The fourth-order valence-electron chi connectivity index (χ4n) is 2.02. The molecule has 0 aliphatic carbocycles. The second-order valence-corrected chi connectivity index (χ2v) is 5.27. The van der Waals surface area contributed by atoms with Crippen LogP contribution in [0.5, 0.6) is 0 Å². The molecule has 2 aromatic rings. The predicted octanol–water partition coefficient (Wildman–Crippen LogP) is 2.89. The second-order valence-electron chi connectivity index (χ2n) is 5.27. The summed E-state index contributed by atoms with van der Waals surface area (Å²) < 4.78 is 38.6. The van der Waals surface area contributed by atoms with Crippen molar-refractivity contribution < 1.29 is 22.8 Å². The number of carbonyl (C=O) groups is 2. The molecule has 8 heteroatoms. The van der Waals surface area contributed by atoms with Crippen molar-refractivity contribution in [1.29, 1.82) is 0 Å². The Balaban J connectivity index is 1.89. The number of hydrogen-bond donors (Lipinski definition) is 3. The highest BCUT2D eigenvalue weighted by atomic mass is 19.4. The van der Waals surface area contributed by atoms with Gasteiger partial charge in [0.15, 0.2) is 0 Å². The second kappa shape index (κ2) is 7.69. The molecule has 0 bridgehead atoms. The molecule has 0 atom stereocenters. The molecule has 0 aliphatic rings. The first-order valence-corrected chi connectivity index (χ1v) is 7.33. The van der Waals surface area contributed by atoms with Crippen LogP contribution in [0.3, 0.4) is 0 Å². The van der Waals surface area contributed by atoms with E-state index in [0.717, 1.165) is 17.7 Å². The largest absolute Gasteiger partial charge is 0.417 e. The number of aryl methyl sites for hydroxylation is 1. The van der Waals surface area contributed by atoms with Crippen LogP contribution < -0.4 is 16.2 Å². The van der Waals surface area contributed by atoms with Gasteiger partial charge in [-0.15, -0.1) is 0 Å². The van der Waals surface area contributed by atoms with Gasteiger partial charge in [-0.25, -0.2) is 0 Å². The number of hydrogen-bond acceptors (Lipinski definition) is 3. The first kappa shape index (κ1) is 18.3. The van der Waals surface area contributed by atoms with E-state index < -0.39 is 29.1 Å². The van der Waals surface area contributed by atoms with Gasteiger partial charge in [0.05, 0.1) is 17.7 Å². The maximum absolute atomic E-state index is 12.9. The lowest BCUT2D eigenvalue weighted by Crippen LogP contribution is -2.44. The zero-order valence-corrected chi connectivity index (χ0v) is 13.3. The first-order chi connectivity index (χ1) is 11.8. The molecule has 5 nitrogen and oxygen atoms in total. The number of halogens is 3. The Labute approximate surface area is 142 Å². The Morgan fingerprint density at radius 3 is 2.24 bits per heavy atom. The minimum Gasteiger partial charge on any atom is -0.376 e. The van der Waals surface area contributed by atoms with Crippen LogP contribution in [0, 0.1) is 6.92 Å². The Morgan fingerprint density at radius 2 is 1.60 bits per heavy atom. The van der Waals surface area contributed by atoms with E-state index in [4.69, 9.17) is 0 Å². The molecular weight excluding hydrogens is 335 g/mol. The molecule has 0 saturated carbocycles. The van der Waals surface area contributed by atoms with Gasteiger partial charge < -0.3 is 5.32 Å². The lowest BCUT2D eigenvalue weighted by atomic mass is 10.1. The van der Waals surface area contributed by atoms with E-state index in [-0.39, 0.29) is 6.54 Å². The van der Waals surface area contributed by atoms with Gasteiger partial charge in [0, 0.05) is 5.69 Å². The summed E-state index contributed by atoms with van der Waals surface area (Å²) in [6, 6.07) is 11.6. The molecule has 0 heterocycles. The Morgan fingerprint density at radius 1 is 0.960 bits per heavy atom. The Bertz CT molecular complexity index is 758. The van der Waals surface area contributed by atoms with Gasteiger partial charge in [0.2, 0.25) is 0 Å². The maximum Gasteiger partial charge on any atom is 0.417 e. The summed E-state index contributed by atoms with van der Waals surface area (Å²) in [7, 11) is 0. The standard InChI is InChI=1S/C17H16F3N3O2/c1-11-6-8-12(9-7-11)21-10-15(24)22-23-16(25)13-4-2-3-5-14(13)17(18,19)20/h2-9,21H,10H2,1H3,(H,22,24)(H,23,25). The highest BCUT2D eigenvalue weighted by Crippen LogP contribution is 2.31. The minimum atomic E-state index is -4.66. The molecule has 2 amide bonds. The molecule has 0 spiro atoms. The maximum atomic E-state index is 12.9. The van der Waals surface area contributed by atoms with E-state index in [1.807, 2.05) is 24.5 Å². The van der Waals surface area contributed by atoms with Crippen LogP contribution in [0.2, 0.25) is 0 Å². The van der Waals surface area contributed by atoms with Gasteiger partial charge in [0.25, 0.3) is 11.8 Å². The molecule has 0 unspecified atom stereocenters. The highest BCUT2D eigenvalue weighted by Gasteiger charge is 2.34. The molecule has 2 aromatic carbocycles. The van der Waals surface area contributed by atoms with E-state index in [1.165, 1.54) is 12.1 Å². The van der Waals surface area contributed by atoms with Crippen LogP contribution >= 0.6 is 0 Å². The van der Waals surface area contributed by atoms with Crippen LogP contribution in [-0.2, 0) is 11.0 Å². The summed E-state index contributed by atoms with van der Waals surface area (Å²) in [6.45, 7) is 1.77. The van der Waals surface area contributed by atoms with Gasteiger partial charge in [0.1, 0.15) is 0 Å². The number of amides is 2. The van der Waals surface area contributed by atoms with Crippen LogP contribution in [0.25, 0.3) is 0 Å². The molecule has 132 valence electrons.